The van der Waals surface area contributed by atoms with Gasteiger partial charge in [-0.1, -0.05) is 39.0 Å². The third kappa shape index (κ3) is 8.74. The highest BCUT2D eigenvalue weighted by Gasteiger charge is 2.48. The van der Waals surface area contributed by atoms with Gasteiger partial charge in [0.1, 0.15) is 34.9 Å². The van der Waals surface area contributed by atoms with Crippen molar-refractivity contribution in [1.29, 1.82) is 0 Å². The Balaban J connectivity index is 2.08. The number of Topliss-reactive ketones (excluding diaryl/α,β-unsaturated/α-hetero) is 1. The van der Waals surface area contributed by atoms with E-state index in [1.807, 2.05) is 0 Å². The smallest absolute Gasteiger partial charge is 0.313 e. The van der Waals surface area contributed by atoms with Crippen molar-refractivity contribution in [3.05, 3.63) is 69.2 Å². The van der Waals surface area contributed by atoms with Crippen molar-refractivity contribution in [2.24, 2.45) is 23.7 Å². The van der Waals surface area contributed by atoms with Crippen LogP contribution in [-0.4, -0.2) is 99.1 Å². The van der Waals surface area contributed by atoms with E-state index in [1.54, 1.807) is 13.0 Å². The summed E-state index contributed by atoms with van der Waals surface area (Å²) >= 11 is 0. The topological polar surface area (TPSA) is 245 Å². The monoisotopic (exact) mass is 811 g/mol. The highest BCUT2D eigenvalue weighted by molar-refractivity contribution is 6.21. The van der Waals surface area contributed by atoms with Gasteiger partial charge in [-0.05, 0) is 46.3 Å². The second kappa shape index (κ2) is 17.7. The molecule has 0 saturated heterocycles. The molecule has 3 aliphatic heterocycles. The number of phenolic OH excluding ortho intramolecular Hbond substituents is 1. The molecule has 3 heterocycles. The standard InChI is InChI=1S/C42H53NO15/c1-17-13-12-14-18(2)40(51)43-30-20(4)38(58-25(9)45)26-27(34(30)49)31(46)22(6)37-28(26)36(55-16-56-37)19(3)15-42(10,53)39(50)23(7)33(48)29(41(52)54-11)32(47)21(5)35(17)57-24(8)44/h12-15,17,21,23,29,32-33,35,39,47-50,53H,16H2,1-11H3,(H,43,51)/b13-12-,18-14-,19-15-/t17-,21+,23+,29-,32-,33-,35-,39-,42-/m1/s1. The van der Waals surface area contributed by atoms with Crippen molar-refractivity contribution in [2.45, 2.75) is 99.3 Å². The van der Waals surface area contributed by atoms with Crippen molar-refractivity contribution in [2.75, 3.05) is 19.2 Å². The van der Waals surface area contributed by atoms with Gasteiger partial charge in [0.25, 0.3) is 5.91 Å². The van der Waals surface area contributed by atoms with Crippen LogP contribution in [0.1, 0.15) is 83.8 Å². The predicted molar refractivity (Wildman–Crippen MR) is 208 cm³/mol. The van der Waals surface area contributed by atoms with E-state index in [2.05, 4.69) is 5.32 Å². The predicted octanol–water partition coefficient (Wildman–Crippen LogP) is 3.68. The largest absolute Gasteiger partial charge is 0.505 e. The number of esters is 3. The van der Waals surface area contributed by atoms with Crippen LogP contribution in [0, 0.1) is 30.6 Å². The molecule has 0 radical (unpaired) electrons. The number of ketones is 1. The molecule has 0 unspecified atom stereocenters. The zero-order valence-corrected chi connectivity index (χ0v) is 34.5. The fraction of sp³-hybridized carbons (Fsp3) is 0.500. The van der Waals surface area contributed by atoms with Crippen LogP contribution in [0.25, 0.3) is 5.57 Å². The summed E-state index contributed by atoms with van der Waals surface area (Å²) in [6.07, 6.45) is -0.755. The van der Waals surface area contributed by atoms with Crippen molar-refractivity contribution < 1.29 is 73.2 Å². The summed E-state index contributed by atoms with van der Waals surface area (Å²) < 4.78 is 28.0. The molecule has 4 aliphatic rings. The molecule has 1 aromatic carbocycles. The average Bonchev–Trinajstić information content (AvgIpc) is 3.16. The minimum atomic E-state index is -2.20. The lowest BCUT2D eigenvalue weighted by atomic mass is 9.75. The van der Waals surface area contributed by atoms with Crippen LogP contribution >= 0.6 is 0 Å². The molecule has 16 nitrogen and oxygen atoms in total. The molecule has 1 aliphatic carbocycles. The third-order valence-corrected chi connectivity index (χ3v) is 10.9. The van der Waals surface area contributed by atoms with Crippen LogP contribution in [0.4, 0.5) is 5.69 Å². The van der Waals surface area contributed by atoms with Gasteiger partial charge in [0, 0.05) is 53.9 Å². The quantitative estimate of drug-likeness (QED) is 0.145. The highest BCUT2D eigenvalue weighted by Crippen LogP contribution is 2.53. The van der Waals surface area contributed by atoms with E-state index in [-0.39, 0.29) is 61.9 Å². The van der Waals surface area contributed by atoms with E-state index in [0.717, 1.165) is 21.0 Å². The van der Waals surface area contributed by atoms with Crippen LogP contribution in [0.15, 0.2) is 52.5 Å². The molecule has 1 aromatic rings. The zero-order valence-electron chi connectivity index (χ0n) is 34.5. The molecule has 1 amide bonds. The normalized spacial score (nSPS) is 32.1. The molecule has 9 atom stereocenters. The number of phenols is 1. The first-order valence-electron chi connectivity index (χ1n) is 18.7. The van der Waals surface area contributed by atoms with Crippen molar-refractivity contribution >= 4 is 40.9 Å². The van der Waals surface area contributed by atoms with Crippen molar-refractivity contribution in [3.63, 3.8) is 0 Å². The van der Waals surface area contributed by atoms with Gasteiger partial charge >= 0.3 is 17.9 Å². The van der Waals surface area contributed by atoms with Gasteiger partial charge in [0.15, 0.2) is 11.5 Å². The molecule has 16 heteroatoms. The molecule has 5 rings (SSSR count). The van der Waals surface area contributed by atoms with E-state index in [4.69, 9.17) is 23.7 Å². The molecule has 0 aromatic heterocycles. The van der Waals surface area contributed by atoms with Crippen LogP contribution in [0.3, 0.4) is 0 Å². The third-order valence-electron chi connectivity index (χ3n) is 10.9. The summed E-state index contributed by atoms with van der Waals surface area (Å²) in [6.45, 7) is 13.5. The Morgan fingerprint density at radius 3 is 2.09 bits per heavy atom. The van der Waals surface area contributed by atoms with Gasteiger partial charge in [0.05, 0.1) is 42.2 Å². The number of ether oxygens (including phenoxy) is 5. The van der Waals surface area contributed by atoms with Crippen LogP contribution in [0.5, 0.6) is 11.5 Å². The van der Waals surface area contributed by atoms with E-state index < -0.39 is 95.8 Å². The SMILES string of the molecule is COC(=O)[C@@H]1[C@H](O)[C@H](C)[C@H](OC(C)=O)[C@H](C)/C=C\C=C(\C)C(=O)Nc2c(C)c(OC(C)=O)c3c(c2O)C(=O)C(C)=C2OCOC(=C23)/C(C)=C\[C@@](C)(O)[C@H](O)[C@@H](C)[C@H]1O. The summed E-state index contributed by atoms with van der Waals surface area (Å²) in [5, 5.41) is 61.2. The maximum absolute atomic E-state index is 14.0. The summed E-state index contributed by atoms with van der Waals surface area (Å²) in [5.74, 6) is -9.54. The molecule has 0 fully saturated rings. The number of amides is 1. The van der Waals surface area contributed by atoms with Crippen LogP contribution in [0.2, 0.25) is 0 Å². The number of aromatic hydroxyl groups is 1. The van der Waals surface area contributed by atoms with Crippen LogP contribution in [-0.2, 0) is 38.1 Å². The lowest BCUT2D eigenvalue weighted by Gasteiger charge is -2.39. The highest BCUT2D eigenvalue weighted by atomic mass is 16.7. The van der Waals surface area contributed by atoms with Gasteiger partial charge in [-0.3, -0.25) is 24.0 Å². The Morgan fingerprint density at radius 1 is 0.897 bits per heavy atom. The minimum absolute atomic E-state index is 0.00899. The minimum Gasteiger partial charge on any atom is -0.505 e. The fourth-order valence-electron chi connectivity index (χ4n) is 7.67. The number of anilines is 1. The van der Waals surface area contributed by atoms with E-state index in [1.165, 1.54) is 66.7 Å². The maximum Gasteiger partial charge on any atom is 0.313 e. The lowest BCUT2D eigenvalue weighted by molar-refractivity contribution is -0.171. The number of aliphatic hydroxyl groups is 4. The summed E-state index contributed by atoms with van der Waals surface area (Å²) in [5.41, 5.74) is -2.47. The number of carbonyl (C=O) groups is 5. The summed E-state index contributed by atoms with van der Waals surface area (Å²) in [7, 11) is 1.05. The molecular weight excluding hydrogens is 758 g/mol. The summed E-state index contributed by atoms with van der Waals surface area (Å²) in [4.78, 5) is 65.7. The Bertz CT molecular complexity index is 2040. The summed E-state index contributed by atoms with van der Waals surface area (Å²) in [6, 6.07) is 0. The Hall–Kier alpha value is -5.29. The number of carbonyl (C=O) groups excluding carboxylic acids is 5. The van der Waals surface area contributed by atoms with Gasteiger partial charge in [0.2, 0.25) is 6.79 Å². The Morgan fingerprint density at radius 2 is 1.50 bits per heavy atom. The number of rotatable bonds is 3. The second-order valence-electron chi connectivity index (χ2n) is 15.3. The molecule has 6 N–H and O–H groups in total. The zero-order chi connectivity index (χ0) is 43.7. The molecule has 0 saturated carbocycles. The molecule has 0 spiro atoms. The first-order chi connectivity index (χ1) is 27.0. The number of hydrogen-bond acceptors (Lipinski definition) is 15. The lowest BCUT2D eigenvalue weighted by Crippen LogP contribution is -2.53. The number of methoxy groups -OCH3 is 1. The number of allylic oxidation sites excluding steroid dienone is 5. The number of fused-ring (bicyclic) bond motifs is 14. The molecule has 58 heavy (non-hydrogen) atoms. The van der Waals surface area contributed by atoms with E-state index in [0.29, 0.717) is 0 Å². The second-order valence-corrected chi connectivity index (χ2v) is 15.3. The van der Waals surface area contributed by atoms with E-state index in [9.17, 15) is 49.5 Å². The van der Waals surface area contributed by atoms with Gasteiger partial charge in [-0.2, -0.15) is 0 Å². The number of nitrogens with one attached hydrogen (secondary N) is 1. The van der Waals surface area contributed by atoms with Crippen LogP contribution < -0.4 is 10.1 Å². The van der Waals surface area contributed by atoms with Crippen molar-refractivity contribution in [1.82, 2.24) is 0 Å². The Labute approximate surface area is 336 Å². The maximum atomic E-state index is 14.0. The van der Waals surface area contributed by atoms with Gasteiger partial charge < -0.3 is 54.5 Å². The molecule has 316 valence electrons. The van der Waals surface area contributed by atoms with E-state index >= 15 is 0 Å². The molecular formula is C42H53NO15. The van der Waals surface area contributed by atoms with Gasteiger partial charge in [-0.15, -0.1) is 0 Å². The first-order valence-corrected chi connectivity index (χ1v) is 18.7. The average molecular weight is 812 g/mol. The van der Waals surface area contributed by atoms with Gasteiger partial charge in [-0.25, -0.2) is 0 Å². The number of aliphatic hydroxyl groups excluding tert-OH is 3. The first kappa shape index (κ1) is 45.4. The Kier molecular flexibility index (Phi) is 13.8. The van der Waals surface area contributed by atoms with Crippen molar-refractivity contribution in [3.8, 4) is 11.5 Å². The number of hydrogen-bond donors (Lipinski definition) is 6. The molecule has 4 bridgehead atoms. The number of benzene rings is 1. The fourth-order valence-corrected chi connectivity index (χ4v) is 7.67.